The van der Waals surface area contributed by atoms with Crippen LogP contribution in [0.25, 0.3) is 0 Å². The third kappa shape index (κ3) is 4.55. The number of rotatable bonds is 5. The van der Waals surface area contributed by atoms with E-state index in [9.17, 15) is 9.90 Å². The lowest BCUT2D eigenvalue weighted by Gasteiger charge is -2.23. The predicted octanol–water partition coefficient (Wildman–Crippen LogP) is 2.65. The Hall–Kier alpha value is -1.91. The van der Waals surface area contributed by atoms with Gasteiger partial charge >= 0.3 is 0 Å². The molecule has 5 heteroatoms. The van der Waals surface area contributed by atoms with Gasteiger partial charge in [-0.15, -0.1) is 0 Å². The van der Waals surface area contributed by atoms with Crippen LogP contribution in [0.1, 0.15) is 24.5 Å². The second kappa shape index (κ2) is 6.70. The van der Waals surface area contributed by atoms with Gasteiger partial charge in [0, 0.05) is 12.7 Å². The molecular weight excluding hydrogens is 288 g/mol. The van der Waals surface area contributed by atoms with Crippen molar-refractivity contribution in [3.63, 3.8) is 0 Å². The standard InChI is InChI=1S/C16H17ClN2O2/c1-16(21,13-5-3-2-4-6-13)9-15(20)19-11-12-7-8-14(17)18-10-12/h2-8,10,21H,9,11H2,1H3,(H,19,20). The van der Waals surface area contributed by atoms with Gasteiger partial charge in [-0.2, -0.15) is 0 Å². The lowest BCUT2D eigenvalue weighted by Crippen LogP contribution is -2.32. The van der Waals surface area contributed by atoms with Gasteiger partial charge in [-0.05, 0) is 24.1 Å². The van der Waals surface area contributed by atoms with Crippen LogP contribution in [0.15, 0.2) is 48.7 Å². The fraction of sp³-hybridized carbons (Fsp3) is 0.250. The zero-order valence-electron chi connectivity index (χ0n) is 11.7. The molecule has 0 radical (unpaired) electrons. The van der Waals surface area contributed by atoms with Crippen molar-refractivity contribution in [3.05, 3.63) is 64.9 Å². The first-order valence-corrected chi connectivity index (χ1v) is 7.00. The van der Waals surface area contributed by atoms with Crippen LogP contribution in [0, 0.1) is 0 Å². The van der Waals surface area contributed by atoms with E-state index in [4.69, 9.17) is 11.6 Å². The van der Waals surface area contributed by atoms with Crippen LogP contribution in [0.3, 0.4) is 0 Å². The fourth-order valence-electron chi connectivity index (χ4n) is 1.99. The molecule has 1 heterocycles. The average Bonchev–Trinajstić information content (AvgIpc) is 2.47. The highest BCUT2D eigenvalue weighted by Crippen LogP contribution is 2.23. The van der Waals surface area contributed by atoms with Crippen LogP contribution in [0.5, 0.6) is 0 Å². The molecule has 0 aliphatic carbocycles. The van der Waals surface area contributed by atoms with Gasteiger partial charge in [0.15, 0.2) is 0 Å². The maximum atomic E-state index is 12.0. The van der Waals surface area contributed by atoms with E-state index >= 15 is 0 Å². The second-order valence-electron chi connectivity index (χ2n) is 5.08. The summed E-state index contributed by atoms with van der Waals surface area (Å²) in [5, 5.41) is 13.6. The molecule has 0 saturated carbocycles. The molecule has 0 bridgehead atoms. The Kier molecular flexibility index (Phi) is 4.94. The van der Waals surface area contributed by atoms with Crippen LogP contribution in [0.2, 0.25) is 5.15 Å². The van der Waals surface area contributed by atoms with E-state index in [1.165, 1.54) is 0 Å². The van der Waals surface area contributed by atoms with Gasteiger partial charge in [0.25, 0.3) is 0 Å². The Labute approximate surface area is 128 Å². The van der Waals surface area contributed by atoms with E-state index in [1.54, 1.807) is 37.4 Å². The number of nitrogens with one attached hydrogen (secondary N) is 1. The molecule has 2 rings (SSSR count). The van der Waals surface area contributed by atoms with Gasteiger partial charge in [0.05, 0.1) is 12.0 Å². The Bertz CT molecular complexity index is 597. The van der Waals surface area contributed by atoms with Crippen molar-refractivity contribution < 1.29 is 9.90 Å². The van der Waals surface area contributed by atoms with Crippen molar-refractivity contribution >= 4 is 17.5 Å². The number of nitrogens with zero attached hydrogens (tertiary/aromatic N) is 1. The summed E-state index contributed by atoms with van der Waals surface area (Å²) in [7, 11) is 0. The minimum absolute atomic E-state index is 0.00195. The number of carbonyl (C=O) groups excluding carboxylic acids is 1. The second-order valence-corrected chi connectivity index (χ2v) is 5.47. The number of benzene rings is 1. The van der Waals surface area contributed by atoms with Gasteiger partial charge in [-0.1, -0.05) is 48.0 Å². The highest BCUT2D eigenvalue weighted by molar-refractivity contribution is 6.29. The summed E-state index contributed by atoms with van der Waals surface area (Å²) in [5.74, 6) is -0.223. The molecule has 0 saturated heterocycles. The molecule has 0 spiro atoms. The average molecular weight is 305 g/mol. The molecule has 21 heavy (non-hydrogen) atoms. The normalized spacial score (nSPS) is 13.5. The van der Waals surface area contributed by atoms with Gasteiger partial charge < -0.3 is 10.4 Å². The molecule has 2 N–H and O–H groups in total. The van der Waals surface area contributed by atoms with Crippen molar-refractivity contribution in [1.29, 1.82) is 0 Å². The summed E-state index contributed by atoms with van der Waals surface area (Å²) in [6.07, 6.45) is 1.61. The highest BCUT2D eigenvalue weighted by Gasteiger charge is 2.26. The largest absolute Gasteiger partial charge is 0.385 e. The van der Waals surface area contributed by atoms with E-state index in [-0.39, 0.29) is 12.3 Å². The van der Waals surface area contributed by atoms with E-state index in [0.29, 0.717) is 17.3 Å². The lowest BCUT2D eigenvalue weighted by atomic mass is 9.92. The summed E-state index contributed by atoms with van der Waals surface area (Å²) in [6.45, 7) is 1.99. The van der Waals surface area contributed by atoms with E-state index in [0.717, 1.165) is 5.56 Å². The number of hydrogen-bond donors (Lipinski definition) is 2. The summed E-state index contributed by atoms with van der Waals surface area (Å²) in [6, 6.07) is 12.6. The van der Waals surface area contributed by atoms with Gasteiger partial charge in [-0.25, -0.2) is 4.98 Å². The van der Waals surface area contributed by atoms with Gasteiger partial charge in [-0.3, -0.25) is 4.79 Å². The first-order valence-electron chi connectivity index (χ1n) is 6.62. The topological polar surface area (TPSA) is 62.2 Å². The number of aliphatic hydroxyl groups is 1. The number of pyridine rings is 1. The van der Waals surface area contributed by atoms with Crippen molar-refractivity contribution in [1.82, 2.24) is 10.3 Å². The molecule has 0 aliphatic heterocycles. The summed E-state index contributed by atoms with van der Waals surface area (Å²) >= 11 is 5.70. The van der Waals surface area contributed by atoms with E-state index in [2.05, 4.69) is 10.3 Å². The van der Waals surface area contributed by atoms with Crippen LogP contribution >= 0.6 is 11.6 Å². The third-order valence-electron chi connectivity index (χ3n) is 3.18. The summed E-state index contributed by atoms with van der Waals surface area (Å²) in [5.41, 5.74) is 0.379. The summed E-state index contributed by atoms with van der Waals surface area (Å²) in [4.78, 5) is 15.9. The maximum absolute atomic E-state index is 12.0. The Morgan fingerprint density at radius 1 is 1.29 bits per heavy atom. The highest BCUT2D eigenvalue weighted by atomic mass is 35.5. The molecular formula is C16H17ClN2O2. The van der Waals surface area contributed by atoms with E-state index < -0.39 is 5.60 Å². The van der Waals surface area contributed by atoms with Crippen molar-refractivity contribution in [2.24, 2.45) is 0 Å². The zero-order valence-corrected chi connectivity index (χ0v) is 12.5. The molecule has 0 aliphatic rings. The zero-order chi connectivity index (χ0) is 15.3. The third-order valence-corrected chi connectivity index (χ3v) is 3.40. The molecule has 1 aromatic carbocycles. The predicted molar refractivity (Wildman–Crippen MR) is 81.7 cm³/mol. The molecule has 110 valence electrons. The van der Waals surface area contributed by atoms with Crippen molar-refractivity contribution in [2.75, 3.05) is 0 Å². The van der Waals surface area contributed by atoms with Crippen LogP contribution in [0.4, 0.5) is 0 Å². The smallest absolute Gasteiger partial charge is 0.223 e. The molecule has 1 aromatic heterocycles. The molecule has 1 unspecified atom stereocenters. The quantitative estimate of drug-likeness (QED) is 0.835. The number of halogens is 1. The molecule has 2 aromatic rings. The number of amides is 1. The first-order chi connectivity index (χ1) is 9.97. The minimum atomic E-state index is -1.19. The number of aromatic nitrogens is 1. The van der Waals surface area contributed by atoms with Crippen LogP contribution < -0.4 is 5.32 Å². The Balaban J connectivity index is 1.91. The van der Waals surface area contributed by atoms with E-state index in [1.807, 2.05) is 18.2 Å². The number of hydrogen-bond acceptors (Lipinski definition) is 3. The maximum Gasteiger partial charge on any atom is 0.223 e. The Morgan fingerprint density at radius 3 is 2.62 bits per heavy atom. The first kappa shape index (κ1) is 15.5. The molecule has 1 amide bonds. The minimum Gasteiger partial charge on any atom is -0.385 e. The van der Waals surface area contributed by atoms with Crippen LogP contribution in [-0.2, 0) is 16.9 Å². The van der Waals surface area contributed by atoms with Crippen LogP contribution in [-0.4, -0.2) is 16.0 Å². The molecule has 4 nitrogen and oxygen atoms in total. The van der Waals surface area contributed by atoms with Gasteiger partial charge in [0.2, 0.25) is 5.91 Å². The molecule has 0 fully saturated rings. The fourth-order valence-corrected chi connectivity index (χ4v) is 2.10. The Morgan fingerprint density at radius 2 is 2.00 bits per heavy atom. The van der Waals surface area contributed by atoms with Gasteiger partial charge in [0.1, 0.15) is 5.15 Å². The summed E-state index contributed by atoms with van der Waals surface area (Å²) < 4.78 is 0. The SMILES string of the molecule is CC(O)(CC(=O)NCc1ccc(Cl)nc1)c1ccccc1. The van der Waals surface area contributed by atoms with Crippen molar-refractivity contribution in [3.8, 4) is 0 Å². The monoisotopic (exact) mass is 304 g/mol. The molecule has 1 atom stereocenters. The number of carbonyl (C=O) groups is 1. The van der Waals surface area contributed by atoms with Crippen molar-refractivity contribution in [2.45, 2.75) is 25.5 Å². The lowest BCUT2D eigenvalue weighted by molar-refractivity contribution is -0.126.